The summed E-state index contributed by atoms with van der Waals surface area (Å²) in [6.07, 6.45) is 6.35. The molecule has 3 heteroatoms. The van der Waals surface area contributed by atoms with Gasteiger partial charge in [0.05, 0.1) is 6.07 Å². The van der Waals surface area contributed by atoms with Crippen LogP contribution in [-0.4, -0.2) is 6.04 Å². The molecule has 1 aromatic carbocycles. The fourth-order valence-corrected chi connectivity index (χ4v) is 3.36. The third-order valence-electron chi connectivity index (χ3n) is 4.29. The summed E-state index contributed by atoms with van der Waals surface area (Å²) in [5.41, 5.74) is 1.39. The first-order valence-corrected chi connectivity index (χ1v) is 6.71. The molecular weight excluding hydrogens is 227 g/mol. The molecule has 0 bridgehead atoms. The SMILES string of the molecule is N#CC1(NC2CCCC2)CCc2cc(F)ccc21. The first-order valence-electron chi connectivity index (χ1n) is 6.71. The summed E-state index contributed by atoms with van der Waals surface area (Å²) in [5, 5.41) is 13.1. The Bertz CT molecular complexity index is 500. The first kappa shape index (κ1) is 11.7. The quantitative estimate of drug-likeness (QED) is 0.868. The van der Waals surface area contributed by atoms with E-state index in [9.17, 15) is 9.65 Å². The van der Waals surface area contributed by atoms with E-state index in [1.54, 1.807) is 12.1 Å². The molecule has 2 nitrogen and oxygen atoms in total. The average Bonchev–Trinajstić information content (AvgIpc) is 2.98. The van der Waals surface area contributed by atoms with Crippen molar-refractivity contribution >= 4 is 0 Å². The van der Waals surface area contributed by atoms with Gasteiger partial charge >= 0.3 is 0 Å². The van der Waals surface area contributed by atoms with Gasteiger partial charge in [0.1, 0.15) is 11.4 Å². The molecule has 0 spiro atoms. The minimum atomic E-state index is -0.585. The summed E-state index contributed by atoms with van der Waals surface area (Å²) in [5.74, 6) is -0.205. The van der Waals surface area contributed by atoms with Gasteiger partial charge in [0.15, 0.2) is 0 Å². The zero-order chi connectivity index (χ0) is 12.6. The Morgan fingerprint density at radius 3 is 2.83 bits per heavy atom. The Balaban J connectivity index is 1.92. The second-order valence-corrected chi connectivity index (χ2v) is 5.44. The summed E-state index contributed by atoms with van der Waals surface area (Å²) in [7, 11) is 0. The van der Waals surface area contributed by atoms with Gasteiger partial charge in [-0.15, -0.1) is 0 Å². The predicted octanol–water partition coefficient (Wildman–Crippen LogP) is 3.02. The molecule has 0 aliphatic heterocycles. The molecule has 0 amide bonds. The van der Waals surface area contributed by atoms with Crippen LogP contribution in [0.1, 0.15) is 43.2 Å². The minimum Gasteiger partial charge on any atom is -0.293 e. The molecule has 0 aromatic heterocycles. The van der Waals surface area contributed by atoms with Gasteiger partial charge in [-0.25, -0.2) is 4.39 Å². The lowest BCUT2D eigenvalue weighted by Crippen LogP contribution is -2.44. The maximum Gasteiger partial charge on any atom is 0.133 e. The molecule has 1 atom stereocenters. The Labute approximate surface area is 107 Å². The van der Waals surface area contributed by atoms with Crippen LogP contribution in [0.2, 0.25) is 0 Å². The molecule has 2 aliphatic carbocycles. The second-order valence-electron chi connectivity index (χ2n) is 5.44. The topological polar surface area (TPSA) is 35.8 Å². The van der Waals surface area contributed by atoms with E-state index in [0.717, 1.165) is 36.8 Å². The Morgan fingerprint density at radius 2 is 2.11 bits per heavy atom. The third-order valence-corrected chi connectivity index (χ3v) is 4.29. The number of fused-ring (bicyclic) bond motifs is 1. The number of aryl methyl sites for hydroxylation is 1. The number of nitriles is 1. The minimum absolute atomic E-state index is 0.205. The molecule has 1 N–H and O–H groups in total. The van der Waals surface area contributed by atoms with Crippen molar-refractivity contribution in [1.29, 1.82) is 5.26 Å². The van der Waals surface area contributed by atoms with Gasteiger partial charge in [-0.3, -0.25) is 5.32 Å². The van der Waals surface area contributed by atoms with Gasteiger partial charge < -0.3 is 0 Å². The van der Waals surface area contributed by atoms with Gasteiger partial charge in [-0.2, -0.15) is 5.26 Å². The van der Waals surface area contributed by atoms with Crippen LogP contribution < -0.4 is 5.32 Å². The van der Waals surface area contributed by atoms with E-state index in [1.165, 1.54) is 18.9 Å². The lowest BCUT2D eigenvalue weighted by atomic mass is 9.92. The molecule has 1 aromatic rings. The van der Waals surface area contributed by atoms with Crippen molar-refractivity contribution in [3.8, 4) is 6.07 Å². The van der Waals surface area contributed by atoms with E-state index >= 15 is 0 Å². The van der Waals surface area contributed by atoms with Gasteiger partial charge in [-0.1, -0.05) is 18.9 Å². The van der Waals surface area contributed by atoms with Gasteiger partial charge in [-0.05, 0) is 48.9 Å². The van der Waals surface area contributed by atoms with Crippen LogP contribution in [0.5, 0.6) is 0 Å². The Morgan fingerprint density at radius 1 is 1.33 bits per heavy atom. The van der Waals surface area contributed by atoms with E-state index in [0.29, 0.717) is 6.04 Å². The molecule has 0 radical (unpaired) electrons. The summed E-state index contributed by atoms with van der Waals surface area (Å²) in [6.45, 7) is 0. The molecule has 3 rings (SSSR count). The predicted molar refractivity (Wildman–Crippen MR) is 67.4 cm³/mol. The number of hydrogen-bond acceptors (Lipinski definition) is 2. The monoisotopic (exact) mass is 244 g/mol. The van der Waals surface area contributed by atoms with E-state index < -0.39 is 5.54 Å². The molecule has 0 saturated heterocycles. The Hall–Kier alpha value is -1.40. The van der Waals surface area contributed by atoms with Gasteiger partial charge in [0.2, 0.25) is 0 Å². The zero-order valence-corrected chi connectivity index (χ0v) is 10.4. The number of nitrogens with zero attached hydrogens (tertiary/aromatic N) is 1. The highest BCUT2D eigenvalue weighted by Gasteiger charge is 2.40. The van der Waals surface area contributed by atoms with Crippen molar-refractivity contribution in [1.82, 2.24) is 5.32 Å². The van der Waals surface area contributed by atoms with Crippen molar-refractivity contribution in [2.45, 2.75) is 50.1 Å². The van der Waals surface area contributed by atoms with Gasteiger partial charge in [0, 0.05) is 6.04 Å². The third kappa shape index (κ3) is 1.81. The molecule has 2 aliphatic rings. The van der Waals surface area contributed by atoms with E-state index in [-0.39, 0.29) is 5.82 Å². The van der Waals surface area contributed by atoms with Crippen LogP contribution in [0.15, 0.2) is 18.2 Å². The van der Waals surface area contributed by atoms with Crippen molar-refractivity contribution in [2.75, 3.05) is 0 Å². The van der Waals surface area contributed by atoms with Crippen LogP contribution in [0.4, 0.5) is 4.39 Å². The maximum absolute atomic E-state index is 13.2. The summed E-state index contributed by atoms with van der Waals surface area (Å²) >= 11 is 0. The van der Waals surface area contributed by atoms with Crippen molar-refractivity contribution in [3.05, 3.63) is 35.1 Å². The molecule has 94 valence electrons. The molecule has 1 fully saturated rings. The van der Waals surface area contributed by atoms with E-state index in [1.807, 2.05) is 0 Å². The van der Waals surface area contributed by atoms with Crippen molar-refractivity contribution in [2.24, 2.45) is 0 Å². The summed E-state index contributed by atoms with van der Waals surface area (Å²) < 4.78 is 13.2. The highest BCUT2D eigenvalue weighted by atomic mass is 19.1. The largest absolute Gasteiger partial charge is 0.293 e. The molecule has 1 saturated carbocycles. The number of nitrogens with one attached hydrogen (secondary N) is 1. The smallest absolute Gasteiger partial charge is 0.133 e. The maximum atomic E-state index is 13.2. The standard InChI is InChI=1S/C15H17FN2/c16-12-5-6-14-11(9-12)7-8-15(14,10-17)18-13-3-1-2-4-13/h5-6,9,13,18H,1-4,7-8H2. The first-order chi connectivity index (χ1) is 8.73. The van der Waals surface area contributed by atoms with Crippen molar-refractivity contribution in [3.63, 3.8) is 0 Å². The molecule has 1 unspecified atom stereocenters. The van der Waals surface area contributed by atoms with Crippen LogP contribution in [0.25, 0.3) is 0 Å². The fourth-order valence-electron chi connectivity index (χ4n) is 3.36. The summed E-state index contributed by atoms with van der Waals surface area (Å²) in [6, 6.07) is 7.71. The number of halogens is 1. The lowest BCUT2D eigenvalue weighted by molar-refractivity contribution is 0.361. The lowest BCUT2D eigenvalue weighted by Gasteiger charge is -2.28. The highest BCUT2D eigenvalue weighted by molar-refractivity contribution is 5.43. The normalized spacial score (nSPS) is 27.1. The fraction of sp³-hybridized carbons (Fsp3) is 0.533. The highest BCUT2D eigenvalue weighted by Crippen LogP contribution is 2.38. The van der Waals surface area contributed by atoms with E-state index in [4.69, 9.17) is 0 Å². The molecular formula is C15H17FN2. The van der Waals surface area contributed by atoms with Crippen LogP contribution in [0, 0.1) is 17.1 Å². The van der Waals surface area contributed by atoms with Crippen molar-refractivity contribution < 1.29 is 4.39 Å². The molecule has 0 heterocycles. The summed E-state index contributed by atoms with van der Waals surface area (Å²) in [4.78, 5) is 0. The van der Waals surface area contributed by atoms with Gasteiger partial charge in [0.25, 0.3) is 0 Å². The van der Waals surface area contributed by atoms with E-state index in [2.05, 4.69) is 11.4 Å². The van der Waals surface area contributed by atoms with Crippen LogP contribution >= 0.6 is 0 Å². The van der Waals surface area contributed by atoms with Crippen LogP contribution in [0.3, 0.4) is 0 Å². The number of benzene rings is 1. The zero-order valence-electron chi connectivity index (χ0n) is 10.4. The number of hydrogen-bond donors (Lipinski definition) is 1. The molecule has 18 heavy (non-hydrogen) atoms. The average molecular weight is 244 g/mol. The number of rotatable bonds is 2. The second kappa shape index (κ2) is 4.37. The van der Waals surface area contributed by atoms with Crippen LogP contribution in [-0.2, 0) is 12.0 Å². The Kier molecular flexibility index (Phi) is 2.83.